The molecule has 1 aromatic carbocycles. The Hall–Kier alpha value is -1.65. The monoisotopic (exact) mass is 633 g/mol. The highest BCUT2D eigenvalue weighted by molar-refractivity contribution is 9.10. The number of carbonyl (C=O) groups excluding carboxylic acids is 2. The van der Waals surface area contributed by atoms with E-state index in [0.29, 0.717) is 25.7 Å². The molecule has 33 heavy (non-hydrogen) atoms. The van der Waals surface area contributed by atoms with Crippen molar-refractivity contribution in [3.05, 3.63) is 66.0 Å². The molecule has 0 aliphatic heterocycles. The van der Waals surface area contributed by atoms with Crippen LogP contribution in [0.2, 0.25) is 15.1 Å². The normalized spacial score (nSPS) is 14.1. The van der Waals surface area contributed by atoms with Gasteiger partial charge >= 0.3 is 0 Å². The van der Waals surface area contributed by atoms with E-state index < -0.39 is 5.91 Å². The van der Waals surface area contributed by atoms with Crippen molar-refractivity contribution in [2.75, 3.05) is 5.32 Å². The Labute approximate surface area is 221 Å². The van der Waals surface area contributed by atoms with E-state index in [1.165, 1.54) is 29.2 Å². The Morgan fingerprint density at radius 2 is 1.76 bits per heavy atom. The van der Waals surface area contributed by atoms with Crippen LogP contribution < -0.4 is 10.6 Å². The standard InChI is InChI=1S/C21H16Br2Cl3N5O2/c1-9(10-2-3-10)28-20(32)12-4-11(24)5-13(22)18(12)29-21(33)16-6-17(23)30-31(16)19-14(25)7-27-8-15(19)26/h4-10H,2-3H2,1H3,(H,28,32)(H,29,33). The van der Waals surface area contributed by atoms with E-state index in [4.69, 9.17) is 34.8 Å². The lowest BCUT2D eigenvalue weighted by Gasteiger charge is -2.17. The second-order valence-corrected chi connectivity index (χ2v) is 10.5. The Bertz CT molecular complexity index is 1240. The van der Waals surface area contributed by atoms with Gasteiger partial charge in [-0.3, -0.25) is 14.6 Å². The van der Waals surface area contributed by atoms with Gasteiger partial charge in [-0.05, 0) is 69.7 Å². The molecule has 2 amide bonds. The molecule has 7 nitrogen and oxygen atoms in total. The van der Waals surface area contributed by atoms with Crippen LogP contribution in [-0.2, 0) is 0 Å². The van der Waals surface area contributed by atoms with E-state index in [9.17, 15) is 9.59 Å². The predicted molar refractivity (Wildman–Crippen MR) is 136 cm³/mol. The summed E-state index contributed by atoms with van der Waals surface area (Å²) in [6, 6.07) is 4.65. The number of pyridine rings is 1. The summed E-state index contributed by atoms with van der Waals surface area (Å²) in [6.07, 6.45) is 4.98. The molecule has 0 bridgehead atoms. The van der Waals surface area contributed by atoms with Gasteiger partial charge in [-0.1, -0.05) is 34.8 Å². The maximum atomic E-state index is 13.3. The third kappa shape index (κ3) is 5.38. The van der Waals surface area contributed by atoms with Gasteiger partial charge in [0, 0.05) is 34.0 Å². The fourth-order valence-electron chi connectivity index (χ4n) is 3.35. The first-order chi connectivity index (χ1) is 15.7. The number of benzene rings is 1. The highest BCUT2D eigenvalue weighted by Gasteiger charge is 2.30. The van der Waals surface area contributed by atoms with E-state index in [-0.39, 0.29) is 38.9 Å². The van der Waals surface area contributed by atoms with Crippen molar-refractivity contribution >= 4 is 84.2 Å². The van der Waals surface area contributed by atoms with E-state index in [1.807, 2.05) is 6.92 Å². The summed E-state index contributed by atoms with van der Waals surface area (Å²) in [5.41, 5.74) is 0.952. The minimum Gasteiger partial charge on any atom is -0.349 e. The van der Waals surface area contributed by atoms with Crippen molar-refractivity contribution in [3.63, 3.8) is 0 Å². The lowest BCUT2D eigenvalue weighted by Crippen LogP contribution is -2.34. The van der Waals surface area contributed by atoms with Crippen LogP contribution in [0, 0.1) is 5.92 Å². The van der Waals surface area contributed by atoms with Gasteiger partial charge in [0.1, 0.15) is 16.0 Å². The average Bonchev–Trinajstić information content (AvgIpc) is 3.52. The molecule has 1 aliphatic carbocycles. The topological polar surface area (TPSA) is 88.9 Å². The van der Waals surface area contributed by atoms with Crippen molar-refractivity contribution < 1.29 is 9.59 Å². The molecule has 1 unspecified atom stereocenters. The second-order valence-electron chi connectivity index (χ2n) is 7.58. The van der Waals surface area contributed by atoms with Crippen LogP contribution >= 0.6 is 66.7 Å². The zero-order valence-electron chi connectivity index (χ0n) is 17.0. The molecule has 0 radical (unpaired) electrons. The van der Waals surface area contributed by atoms with Gasteiger partial charge < -0.3 is 10.6 Å². The zero-order chi connectivity index (χ0) is 23.9. The third-order valence-electron chi connectivity index (χ3n) is 5.18. The van der Waals surface area contributed by atoms with Gasteiger partial charge in [-0.15, -0.1) is 0 Å². The first-order valence-corrected chi connectivity index (χ1v) is 12.5. The summed E-state index contributed by atoms with van der Waals surface area (Å²) in [7, 11) is 0. The third-order valence-corrected chi connectivity index (χ3v) is 6.96. The molecule has 1 aliphatic rings. The Balaban J connectivity index is 1.69. The van der Waals surface area contributed by atoms with Crippen LogP contribution in [0.15, 0.2) is 39.7 Å². The summed E-state index contributed by atoms with van der Waals surface area (Å²) in [6.45, 7) is 1.96. The average molecular weight is 637 g/mol. The lowest BCUT2D eigenvalue weighted by molar-refractivity contribution is 0.0936. The molecule has 2 N–H and O–H groups in total. The van der Waals surface area contributed by atoms with Crippen LogP contribution in [0.25, 0.3) is 5.69 Å². The predicted octanol–water partition coefficient (Wildman–Crippen LogP) is 6.53. The zero-order valence-corrected chi connectivity index (χ0v) is 22.4. The van der Waals surface area contributed by atoms with Crippen LogP contribution in [0.1, 0.15) is 40.6 Å². The maximum Gasteiger partial charge on any atom is 0.274 e. The van der Waals surface area contributed by atoms with Crippen molar-refractivity contribution in [3.8, 4) is 5.69 Å². The summed E-state index contributed by atoms with van der Waals surface area (Å²) in [4.78, 5) is 30.2. The van der Waals surface area contributed by atoms with Crippen LogP contribution in [-0.4, -0.2) is 32.6 Å². The molecular weight excluding hydrogens is 620 g/mol. The van der Waals surface area contributed by atoms with E-state index >= 15 is 0 Å². The largest absolute Gasteiger partial charge is 0.349 e. The Morgan fingerprint density at radius 3 is 2.39 bits per heavy atom. The fraction of sp³-hybridized carbons (Fsp3) is 0.238. The van der Waals surface area contributed by atoms with Crippen LogP contribution in [0.5, 0.6) is 0 Å². The number of rotatable bonds is 6. The van der Waals surface area contributed by atoms with Crippen LogP contribution in [0.3, 0.4) is 0 Å². The van der Waals surface area contributed by atoms with Crippen LogP contribution in [0.4, 0.5) is 5.69 Å². The van der Waals surface area contributed by atoms with Gasteiger partial charge in [0.25, 0.3) is 11.8 Å². The first-order valence-electron chi connectivity index (χ1n) is 9.82. The smallest absolute Gasteiger partial charge is 0.274 e. The summed E-state index contributed by atoms with van der Waals surface area (Å²) < 4.78 is 2.16. The number of halogens is 5. The number of nitrogens with zero attached hydrogens (tertiary/aromatic N) is 3. The molecule has 3 aromatic rings. The quantitative estimate of drug-likeness (QED) is 0.322. The Kier molecular flexibility index (Phi) is 7.35. The first kappa shape index (κ1) is 24.5. The van der Waals surface area contributed by atoms with E-state index in [0.717, 1.165) is 12.8 Å². The molecule has 172 valence electrons. The number of nitrogens with one attached hydrogen (secondary N) is 2. The van der Waals surface area contributed by atoms with E-state index in [1.54, 1.807) is 6.07 Å². The van der Waals surface area contributed by atoms with Gasteiger partial charge in [0.05, 0.1) is 21.3 Å². The second kappa shape index (κ2) is 9.92. The number of hydrogen-bond acceptors (Lipinski definition) is 4. The van der Waals surface area contributed by atoms with Crippen molar-refractivity contribution in [2.24, 2.45) is 5.92 Å². The molecule has 2 heterocycles. The summed E-state index contributed by atoms with van der Waals surface area (Å²) in [5.74, 6) is -0.400. The molecule has 2 aromatic heterocycles. The number of aromatic nitrogens is 3. The number of carbonyl (C=O) groups is 2. The minimum atomic E-state index is -0.538. The van der Waals surface area contributed by atoms with Gasteiger partial charge in [0.2, 0.25) is 0 Å². The maximum absolute atomic E-state index is 13.3. The fourth-order valence-corrected chi connectivity index (χ4v) is 5.16. The molecular formula is C21H16Br2Cl3N5O2. The number of anilines is 1. The number of hydrogen-bond donors (Lipinski definition) is 2. The van der Waals surface area contributed by atoms with E-state index in [2.05, 4.69) is 52.6 Å². The summed E-state index contributed by atoms with van der Waals surface area (Å²) >= 11 is 25.4. The number of amides is 2. The van der Waals surface area contributed by atoms with Gasteiger partial charge in [-0.25, -0.2) is 4.68 Å². The highest BCUT2D eigenvalue weighted by atomic mass is 79.9. The van der Waals surface area contributed by atoms with Gasteiger partial charge in [-0.2, -0.15) is 5.10 Å². The lowest BCUT2D eigenvalue weighted by atomic mass is 10.1. The molecule has 1 fully saturated rings. The molecule has 1 atom stereocenters. The van der Waals surface area contributed by atoms with Gasteiger partial charge in [0.15, 0.2) is 0 Å². The molecule has 4 rings (SSSR count). The molecule has 1 saturated carbocycles. The SMILES string of the molecule is CC(NC(=O)c1cc(Cl)cc(Br)c1NC(=O)c1cc(Br)nn1-c1c(Cl)cncc1Cl)C1CC1. The molecule has 0 saturated heterocycles. The minimum absolute atomic E-state index is 0.0205. The van der Waals surface area contributed by atoms with Crippen molar-refractivity contribution in [1.29, 1.82) is 0 Å². The Morgan fingerprint density at radius 1 is 1.09 bits per heavy atom. The molecule has 12 heteroatoms. The highest BCUT2D eigenvalue weighted by Crippen LogP contribution is 2.35. The molecule has 0 spiro atoms. The van der Waals surface area contributed by atoms with Crippen molar-refractivity contribution in [1.82, 2.24) is 20.1 Å². The van der Waals surface area contributed by atoms with Crippen molar-refractivity contribution in [2.45, 2.75) is 25.8 Å². The summed E-state index contributed by atoms with van der Waals surface area (Å²) in [5, 5.41) is 10.9.